The monoisotopic (exact) mass is 313 g/mol. The van der Waals surface area contributed by atoms with Gasteiger partial charge in [-0.2, -0.15) is 0 Å². The molecule has 0 aromatic heterocycles. The van der Waals surface area contributed by atoms with Gasteiger partial charge < -0.3 is 19.9 Å². The summed E-state index contributed by atoms with van der Waals surface area (Å²) in [5, 5.41) is 12.7. The molecule has 5 nitrogen and oxygen atoms in total. The Hall–Kier alpha value is -2.69. The molecule has 0 radical (unpaired) electrons. The summed E-state index contributed by atoms with van der Waals surface area (Å²) in [4.78, 5) is 12.4. The maximum Gasteiger partial charge on any atom is 0.255 e. The maximum atomic E-state index is 12.4. The first-order valence-corrected chi connectivity index (χ1v) is 7.58. The molecule has 120 valence electrons. The van der Waals surface area contributed by atoms with E-state index in [0.717, 1.165) is 5.56 Å². The van der Waals surface area contributed by atoms with E-state index < -0.39 is 0 Å². The van der Waals surface area contributed by atoms with Gasteiger partial charge in [0.15, 0.2) is 11.5 Å². The first kappa shape index (κ1) is 15.2. The number of amides is 1. The highest BCUT2D eigenvalue weighted by Gasteiger charge is 2.16. The molecule has 0 saturated heterocycles. The zero-order valence-electron chi connectivity index (χ0n) is 13.1. The number of ether oxygens (including phenoxy) is 2. The molecule has 0 fully saturated rings. The van der Waals surface area contributed by atoms with Crippen LogP contribution in [0.25, 0.3) is 0 Å². The number of benzene rings is 2. The Morgan fingerprint density at radius 2 is 1.83 bits per heavy atom. The molecule has 1 aliphatic heterocycles. The molecule has 23 heavy (non-hydrogen) atoms. The number of hydrogen-bond donors (Lipinski definition) is 2. The van der Waals surface area contributed by atoms with Crippen LogP contribution in [0, 0.1) is 0 Å². The van der Waals surface area contributed by atoms with Gasteiger partial charge in [-0.15, -0.1) is 0 Å². The number of anilines is 1. The summed E-state index contributed by atoms with van der Waals surface area (Å²) < 4.78 is 10.9. The second-order valence-electron chi connectivity index (χ2n) is 5.74. The fraction of sp³-hybridized carbons (Fsp3) is 0.278. The fourth-order valence-electron chi connectivity index (χ4n) is 2.39. The molecule has 0 atom stereocenters. The van der Waals surface area contributed by atoms with Crippen molar-refractivity contribution in [1.29, 1.82) is 0 Å². The van der Waals surface area contributed by atoms with Crippen LogP contribution in [0.3, 0.4) is 0 Å². The maximum absolute atomic E-state index is 12.4. The topological polar surface area (TPSA) is 67.8 Å². The summed E-state index contributed by atoms with van der Waals surface area (Å²) in [6.07, 6.45) is 0. The van der Waals surface area contributed by atoms with Crippen molar-refractivity contribution >= 4 is 11.6 Å². The molecule has 2 aromatic carbocycles. The minimum Gasteiger partial charge on any atom is -0.506 e. The molecule has 1 heterocycles. The van der Waals surface area contributed by atoms with Crippen molar-refractivity contribution in [3.05, 3.63) is 47.5 Å². The van der Waals surface area contributed by atoms with Crippen molar-refractivity contribution in [1.82, 2.24) is 0 Å². The van der Waals surface area contributed by atoms with E-state index in [4.69, 9.17) is 9.47 Å². The van der Waals surface area contributed by atoms with Crippen molar-refractivity contribution in [2.45, 2.75) is 19.8 Å². The van der Waals surface area contributed by atoms with E-state index in [-0.39, 0.29) is 11.7 Å². The van der Waals surface area contributed by atoms with Crippen molar-refractivity contribution in [3.63, 3.8) is 0 Å². The highest BCUT2D eigenvalue weighted by molar-refractivity contribution is 6.05. The van der Waals surface area contributed by atoms with Gasteiger partial charge in [0.25, 0.3) is 5.91 Å². The minimum atomic E-state index is -0.307. The second kappa shape index (κ2) is 6.20. The minimum absolute atomic E-state index is 0.0419. The Kier molecular flexibility index (Phi) is 4.10. The smallest absolute Gasteiger partial charge is 0.255 e. The molecule has 0 spiro atoms. The first-order chi connectivity index (χ1) is 11.0. The lowest BCUT2D eigenvalue weighted by Crippen LogP contribution is -2.17. The van der Waals surface area contributed by atoms with Gasteiger partial charge in [0.05, 0.1) is 5.69 Å². The van der Waals surface area contributed by atoms with Gasteiger partial charge in [0.2, 0.25) is 0 Å². The third kappa shape index (κ3) is 3.23. The van der Waals surface area contributed by atoms with E-state index in [1.807, 2.05) is 6.07 Å². The van der Waals surface area contributed by atoms with Crippen LogP contribution in [0.5, 0.6) is 17.2 Å². The lowest BCUT2D eigenvalue weighted by atomic mass is 10.0. The van der Waals surface area contributed by atoms with Gasteiger partial charge in [0.1, 0.15) is 19.0 Å². The SMILES string of the molecule is CC(C)c1ccc(O)c(NC(=O)c2ccc3c(c2)OCCO3)c1. The molecule has 1 amide bonds. The van der Waals surface area contributed by atoms with Gasteiger partial charge in [0, 0.05) is 5.56 Å². The van der Waals surface area contributed by atoms with Crippen molar-refractivity contribution in [2.75, 3.05) is 18.5 Å². The van der Waals surface area contributed by atoms with Gasteiger partial charge in [-0.3, -0.25) is 4.79 Å². The average Bonchev–Trinajstić information content (AvgIpc) is 2.56. The Morgan fingerprint density at radius 1 is 1.09 bits per heavy atom. The van der Waals surface area contributed by atoms with Crippen LogP contribution < -0.4 is 14.8 Å². The zero-order valence-corrected chi connectivity index (χ0v) is 13.1. The van der Waals surface area contributed by atoms with Crippen LogP contribution in [0.15, 0.2) is 36.4 Å². The average molecular weight is 313 g/mol. The molecule has 0 unspecified atom stereocenters. The van der Waals surface area contributed by atoms with Crippen LogP contribution >= 0.6 is 0 Å². The molecule has 3 rings (SSSR count). The number of phenols is 1. The molecular formula is C18H19NO4. The molecule has 2 N–H and O–H groups in total. The standard InChI is InChI=1S/C18H19NO4/c1-11(2)12-3-5-15(20)14(9-12)19-18(21)13-4-6-16-17(10-13)23-8-7-22-16/h3-6,9-11,20H,7-8H2,1-2H3,(H,19,21). The van der Waals surface area contributed by atoms with E-state index >= 15 is 0 Å². The number of hydrogen-bond acceptors (Lipinski definition) is 4. The molecule has 0 aliphatic carbocycles. The van der Waals surface area contributed by atoms with Crippen LogP contribution in [0.2, 0.25) is 0 Å². The lowest BCUT2D eigenvalue weighted by Gasteiger charge is -2.18. The Balaban J connectivity index is 1.83. The number of fused-ring (bicyclic) bond motifs is 1. The van der Waals surface area contributed by atoms with Gasteiger partial charge >= 0.3 is 0 Å². The highest BCUT2D eigenvalue weighted by atomic mass is 16.6. The molecule has 0 saturated carbocycles. The first-order valence-electron chi connectivity index (χ1n) is 7.58. The van der Waals surface area contributed by atoms with E-state index in [2.05, 4.69) is 19.2 Å². The Labute approximate surface area is 134 Å². The van der Waals surface area contributed by atoms with E-state index in [1.54, 1.807) is 30.3 Å². The predicted octanol–water partition coefficient (Wildman–Crippen LogP) is 3.54. The van der Waals surface area contributed by atoms with Crippen molar-refractivity contribution in [2.24, 2.45) is 0 Å². The number of carbonyl (C=O) groups is 1. The van der Waals surface area contributed by atoms with Gasteiger partial charge in [-0.05, 0) is 41.8 Å². The van der Waals surface area contributed by atoms with Crippen LogP contribution in [-0.2, 0) is 0 Å². The molecule has 2 aromatic rings. The van der Waals surface area contributed by atoms with E-state index in [1.165, 1.54) is 0 Å². The number of nitrogens with one attached hydrogen (secondary N) is 1. The van der Waals surface area contributed by atoms with Gasteiger partial charge in [-0.1, -0.05) is 19.9 Å². The van der Waals surface area contributed by atoms with Crippen molar-refractivity contribution < 1.29 is 19.4 Å². The Morgan fingerprint density at radius 3 is 2.57 bits per heavy atom. The normalized spacial score (nSPS) is 13.0. The van der Waals surface area contributed by atoms with E-state index in [9.17, 15) is 9.90 Å². The lowest BCUT2D eigenvalue weighted by molar-refractivity contribution is 0.102. The zero-order chi connectivity index (χ0) is 16.4. The van der Waals surface area contributed by atoms with Crippen LogP contribution in [-0.4, -0.2) is 24.2 Å². The summed E-state index contributed by atoms with van der Waals surface area (Å²) in [6, 6.07) is 10.3. The summed E-state index contributed by atoms with van der Waals surface area (Å²) in [5.74, 6) is 1.24. The second-order valence-corrected chi connectivity index (χ2v) is 5.74. The van der Waals surface area contributed by atoms with Crippen molar-refractivity contribution in [3.8, 4) is 17.2 Å². The highest BCUT2D eigenvalue weighted by Crippen LogP contribution is 2.32. The van der Waals surface area contributed by atoms with Gasteiger partial charge in [-0.25, -0.2) is 0 Å². The number of aromatic hydroxyl groups is 1. The largest absolute Gasteiger partial charge is 0.506 e. The summed E-state index contributed by atoms with van der Waals surface area (Å²) >= 11 is 0. The number of carbonyl (C=O) groups excluding carboxylic acids is 1. The number of phenolic OH excluding ortho intramolecular Hbond substituents is 1. The quantitative estimate of drug-likeness (QED) is 0.851. The summed E-state index contributed by atoms with van der Waals surface area (Å²) in [5.41, 5.74) is 1.89. The molecule has 0 bridgehead atoms. The van der Waals surface area contributed by atoms with E-state index in [0.29, 0.717) is 41.9 Å². The molecule has 1 aliphatic rings. The van der Waals surface area contributed by atoms with Crippen LogP contribution in [0.1, 0.15) is 35.7 Å². The summed E-state index contributed by atoms with van der Waals surface area (Å²) in [6.45, 7) is 5.08. The van der Waals surface area contributed by atoms with Crippen LogP contribution in [0.4, 0.5) is 5.69 Å². The predicted molar refractivity (Wildman–Crippen MR) is 87.6 cm³/mol. The third-order valence-electron chi connectivity index (χ3n) is 3.74. The number of rotatable bonds is 3. The fourth-order valence-corrected chi connectivity index (χ4v) is 2.39. The summed E-state index contributed by atoms with van der Waals surface area (Å²) in [7, 11) is 0. The molecule has 5 heteroatoms. The Bertz CT molecular complexity index is 740. The third-order valence-corrected chi connectivity index (χ3v) is 3.74. The molecular weight excluding hydrogens is 294 g/mol.